The maximum atomic E-state index is 11.6. The van der Waals surface area contributed by atoms with Crippen LogP contribution >= 0.6 is 0 Å². The molecular formula is C19H18N2O4. The number of ether oxygens (including phenoxy) is 1. The monoisotopic (exact) mass is 338 g/mol. The van der Waals surface area contributed by atoms with E-state index in [9.17, 15) is 14.9 Å². The minimum absolute atomic E-state index is 0.0309. The highest BCUT2D eigenvalue weighted by atomic mass is 16.6. The second kappa shape index (κ2) is 8.50. The molecule has 128 valence electrons. The first-order chi connectivity index (χ1) is 12.0. The van der Waals surface area contributed by atoms with Gasteiger partial charge in [0.1, 0.15) is 12.2 Å². The summed E-state index contributed by atoms with van der Waals surface area (Å²) in [5.74, 6) is 5.48. The Kier molecular flexibility index (Phi) is 6.13. The molecule has 2 aromatic rings. The van der Waals surface area contributed by atoms with E-state index in [0.29, 0.717) is 5.56 Å². The third-order valence-electron chi connectivity index (χ3n) is 3.40. The van der Waals surface area contributed by atoms with Crippen LogP contribution in [-0.2, 0) is 11.3 Å². The average molecular weight is 338 g/mol. The Balaban J connectivity index is 1.92. The number of amides is 1. The Hall–Kier alpha value is -3.33. The van der Waals surface area contributed by atoms with Crippen molar-refractivity contribution in [3.8, 4) is 11.8 Å². The number of benzene rings is 2. The lowest BCUT2D eigenvalue weighted by Crippen LogP contribution is -2.24. The molecule has 0 heterocycles. The molecule has 2 rings (SSSR count). The van der Waals surface area contributed by atoms with Crippen LogP contribution in [0.15, 0.2) is 42.5 Å². The Bertz CT molecular complexity index is 836. The second-order valence-corrected chi connectivity index (χ2v) is 5.45. The first kappa shape index (κ1) is 18.0. The number of nitrogens with one attached hydrogen (secondary N) is 1. The summed E-state index contributed by atoms with van der Waals surface area (Å²) in [4.78, 5) is 22.3. The zero-order valence-electron chi connectivity index (χ0n) is 14.0. The third kappa shape index (κ3) is 5.36. The van der Waals surface area contributed by atoms with E-state index in [0.717, 1.165) is 16.7 Å². The summed E-state index contributed by atoms with van der Waals surface area (Å²) >= 11 is 0. The molecule has 0 spiro atoms. The van der Waals surface area contributed by atoms with Crippen LogP contribution in [0.1, 0.15) is 22.3 Å². The molecule has 0 aromatic heterocycles. The van der Waals surface area contributed by atoms with Crippen LogP contribution in [0.3, 0.4) is 0 Å². The number of hydrogen-bond donors (Lipinski definition) is 1. The van der Waals surface area contributed by atoms with E-state index >= 15 is 0 Å². The third-order valence-corrected chi connectivity index (χ3v) is 3.40. The van der Waals surface area contributed by atoms with Crippen LogP contribution in [0, 0.1) is 35.8 Å². The lowest BCUT2D eigenvalue weighted by molar-refractivity contribution is -0.385. The van der Waals surface area contributed by atoms with Crippen LogP contribution in [0.5, 0.6) is 0 Å². The summed E-state index contributed by atoms with van der Waals surface area (Å²) in [5.41, 5.74) is 2.74. The fourth-order valence-corrected chi connectivity index (χ4v) is 2.27. The summed E-state index contributed by atoms with van der Waals surface area (Å²) in [5, 5.41) is 13.6. The Labute approximate surface area is 146 Å². The van der Waals surface area contributed by atoms with Crippen LogP contribution in [0.4, 0.5) is 10.5 Å². The molecule has 0 saturated heterocycles. The van der Waals surface area contributed by atoms with Crippen LogP contribution in [0.2, 0.25) is 0 Å². The van der Waals surface area contributed by atoms with Gasteiger partial charge in [0.25, 0.3) is 5.69 Å². The molecule has 0 aliphatic heterocycles. The quantitative estimate of drug-likeness (QED) is 0.525. The number of alkyl carbamates (subject to hydrolysis) is 1. The molecule has 0 radical (unpaired) electrons. The van der Waals surface area contributed by atoms with Crippen molar-refractivity contribution < 1.29 is 14.5 Å². The maximum absolute atomic E-state index is 11.6. The SMILES string of the molecule is Cc1cc(C)c(C#CCNC(=O)OCc2ccccc2)c([N+](=O)[O-])c1. The average Bonchev–Trinajstić information content (AvgIpc) is 2.58. The number of hydrogen-bond acceptors (Lipinski definition) is 4. The van der Waals surface area contributed by atoms with Crippen LogP contribution in [0.25, 0.3) is 0 Å². The van der Waals surface area contributed by atoms with Gasteiger partial charge in [0, 0.05) is 6.07 Å². The van der Waals surface area contributed by atoms with Gasteiger partial charge in [-0.15, -0.1) is 0 Å². The smallest absolute Gasteiger partial charge is 0.408 e. The number of nitrogens with zero attached hydrogens (tertiary/aromatic N) is 1. The van der Waals surface area contributed by atoms with Gasteiger partial charge in [0.15, 0.2) is 0 Å². The molecule has 0 atom stereocenters. The summed E-state index contributed by atoms with van der Waals surface area (Å²) in [7, 11) is 0. The van der Waals surface area contributed by atoms with E-state index in [1.807, 2.05) is 36.4 Å². The van der Waals surface area contributed by atoms with Crippen molar-refractivity contribution in [1.29, 1.82) is 0 Å². The molecule has 1 N–H and O–H groups in total. The predicted molar refractivity (Wildman–Crippen MR) is 94.1 cm³/mol. The molecule has 6 nitrogen and oxygen atoms in total. The van der Waals surface area contributed by atoms with E-state index in [-0.39, 0.29) is 18.8 Å². The number of nitro groups is 1. The van der Waals surface area contributed by atoms with Crippen molar-refractivity contribution in [2.75, 3.05) is 6.54 Å². The van der Waals surface area contributed by atoms with Crippen molar-refractivity contribution in [1.82, 2.24) is 5.32 Å². The van der Waals surface area contributed by atoms with Gasteiger partial charge in [-0.25, -0.2) is 4.79 Å². The van der Waals surface area contributed by atoms with Gasteiger partial charge in [-0.1, -0.05) is 48.2 Å². The van der Waals surface area contributed by atoms with Crippen LogP contribution < -0.4 is 5.32 Å². The van der Waals surface area contributed by atoms with Gasteiger partial charge >= 0.3 is 6.09 Å². The van der Waals surface area contributed by atoms with Crippen LogP contribution in [-0.4, -0.2) is 17.6 Å². The molecule has 0 aliphatic carbocycles. The molecule has 25 heavy (non-hydrogen) atoms. The molecule has 0 aliphatic rings. The van der Waals surface area contributed by atoms with Gasteiger partial charge in [0.05, 0.1) is 11.5 Å². The fraction of sp³-hybridized carbons (Fsp3) is 0.211. The number of carbonyl (C=O) groups is 1. The summed E-state index contributed by atoms with van der Waals surface area (Å²) in [6, 6.07) is 12.6. The molecule has 0 fully saturated rings. The lowest BCUT2D eigenvalue weighted by Gasteiger charge is -2.04. The summed E-state index contributed by atoms with van der Waals surface area (Å²) in [6.45, 7) is 3.77. The van der Waals surface area contributed by atoms with Gasteiger partial charge in [-0.2, -0.15) is 0 Å². The van der Waals surface area contributed by atoms with Gasteiger partial charge < -0.3 is 10.1 Å². The van der Waals surface area contributed by atoms with Crippen molar-refractivity contribution in [3.63, 3.8) is 0 Å². The molecule has 2 aromatic carbocycles. The number of rotatable bonds is 4. The largest absolute Gasteiger partial charge is 0.445 e. The Morgan fingerprint density at radius 2 is 1.96 bits per heavy atom. The Morgan fingerprint density at radius 3 is 2.64 bits per heavy atom. The topological polar surface area (TPSA) is 81.5 Å². The standard InChI is InChI=1S/C19H18N2O4/c1-14-11-15(2)17(18(12-14)21(23)24)9-6-10-20-19(22)25-13-16-7-4-3-5-8-16/h3-5,7-8,11-12H,10,13H2,1-2H3,(H,20,22). The normalized spacial score (nSPS) is 9.68. The van der Waals surface area contributed by atoms with Crippen molar-refractivity contribution in [3.05, 3.63) is 74.8 Å². The highest BCUT2D eigenvalue weighted by Crippen LogP contribution is 2.23. The highest BCUT2D eigenvalue weighted by molar-refractivity contribution is 5.67. The zero-order valence-corrected chi connectivity index (χ0v) is 14.0. The fourth-order valence-electron chi connectivity index (χ4n) is 2.27. The van der Waals surface area contributed by atoms with Gasteiger partial charge in [0.2, 0.25) is 0 Å². The first-order valence-corrected chi connectivity index (χ1v) is 7.66. The molecule has 1 amide bonds. The van der Waals surface area contributed by atoms with E-state index in [1.165, 1.54) is 6.07 Å². The lowest BCUT2D eigenvalue weighted by atomic mass is 10.0. The number of aryl methyl sites for hydroxylation is 2. The van der Waals surface area contributed by atoms with E-state index in [1.54, 1.807) is 13.8 Å². The molecular weight excluding hydrogens is 320 g/mol. The van der Waals surface area contributed by atoms with Crippen molar-refractivity contribution in [2.24, 2.45) is 0 Å². The maximum Gasteiger partial charge on any atom is 0.408 e. The molecule has 6 heteroatoms. The first-order valence-electron chi connectivity index (χ1n) is 7.66. The second-order valence-electron chi connectivity index (χ2n) is 5.45. The highest BCUT2D eigenvalue weighted by Gasteiger charge is 2.14. The molecule has 0 saturated carbocycles. The summed E-state index contributed by atoms with van der Waals surface area (Å²) in [6.07, 6.45) is -0.590. The van der Waals surface area contributed by atoms with Gasteiger partial charge in [-0.3, -0.25) is 10.1 Å². The van der Waals surface area contributed by atoms with Crippen molar-refractivity contribution >= 4 is 11.8 Å². The Morgan fingerprint density at radius 1 is 1.24 bits per heavy atom. The van der Waals surface area contributed by atoms with E-state index in [4.69, 9.17) is 4.74 Å². The number of carbonyl (C=O) groups excluding carboxylic acids is 1. The zero-order chi connectivity index (χ0) is 18.2. The molecule has 0 bridgehead atoms. The summed E-state index contributed by atoms with van der Waals surface area (Å²) < 4.78 is 5.06. The predicted octanol–water partition coefficient (Wildman–Crippen LogP) is 3.49. The minimum Gasteiger partial charge on any atom is -0.445 e. The van der Waals surface area contributed by atoms with E-state index in [2.05, 4.69) is 17.2 Å². The van der Waals surface area contributed by atoms with E-state index < -0.39 is 11.0 Å². The van der Waals surface area contributed by atoms with Gasteiger partial charge in [-0.05, 0) is 30.5 Å². The number of nitro benzene ring substituents is 1. The minimum atomic E-state index is -0.590. The van der Waals surface area contributed by atoms with Crippen molar-refractivity contribution in [2.45, 2.75) is 20.5 Å². The molecule has 0 unspecified atom stereocenters.